The van der Waals surface area contributed by atoms with Gasteiger partial charge in [0.2, 0.25) is 0 Å². The molecule has 7 heteroatoms. The number of carboxylic acid groups (broad SMARTS) is 1. The predicted octanol–water partition coefficient (Wildman–Crippen LogP) is -0.245. The Labute approximate surface area is 111 Å². The standard InChI is InChI=1S/C12H18N2O5/c15-11(16)10-7-13(3-4-18-10)12(17)14-5-8-1-2-9(6-14)19-8/h8-10H,1-7H2,(H,15,16). The summed E-state index contributed by atoms with van der Waals surface area (Å²) >= 11 is 0. The summed E-state index contributed by atoms with van der Waals surface area (Å²) in [6.07, 6.45) is 1.42. The van der Waals surface area contributed by atoms with E-state index in [1.165, 1.54) is 0 Å². The first-order chi connectivity index (χ1) is 9.13. The van der Waals surface area contributed by atoms with Crippen molar-refractivity contribution in [1.29, 1.82) is 0 Å². The Morgan fingerprint density at radius 2 is 1.74 bits per heavy atom. The first-order valence-corrected chi connectivity index (χ1v) is 6.67. The fourth-order valence-electron chi connectivity index (χ4n) is 2.94. The Morgan fingerprint density at radius 1 is 1.05 bits per heavy atom. The second-order valence-corrected chi connectivity index (χ2v) is 5.29. The number of carbonyl (C=O) groups excluding carboxylic acids is 1. The van der Waals surface area contributed by atoms with Crippen molar-refractivity contribution in [3.63, 3.8) is 0 Å². The van der Waals surface area contributed by atoms with Crippen molar-refractivity contribution >= 4 is 12.0 Å². The third kappa shape index (κ3) is 2.52. The third-order valence-electron chi connectivity index (χ3n) is 3.93. The molecule has 3 fully saturated rings. The Morgan fingerprint density at radius 3 is 2.37 bits per heavy atom. The van der Waals surface area contributed by atoms with E-state index in [1.807, 2.05) is 0 Å². The number of amides is 2. The van der Waals surface area contributed by atoms with Gasteiger partial charge >= 0.3 is 12.0 Å². The fraction of sp³-hybridized carbons (Fsp3) is 0.833. The number of fused-ring (bicyclic) bond motifs is 2. The molecule has 0 aliphatic carbocycles. The van der Waals surface area contributed by atoms with E-state index in [2.05, 4.69) is 0 Å². The molecule has 3 atom stereocenters. The van der Waals surface area contributed by atoms with Gasteiger partial charge in [0.05, 0.1) is 25.4 Å². The van der Waals surface area contributed by atoms with E-state index in [-0.39, 0.29) is 31.4 Å². The number of ether oxygens (including phenoxy) is 2. The zero-order chi connectivity index (χ0) is 13.4. The Bertz CT molecular complexity index is 376. The molecule has 0 aromatic carbocycles. The van der Waals surface area contributed by atoms with Crippen LogP contribution in [0.2, 0.25) is 0 Å². The van der Waals surface area contributed by atoms with Gasteiger partial charge in [-0.25, -0.2) is 9.59 Å². The van der Waals surface area contributed by atoms with Gasteiger partial charge in [0.25, 0.3) is 0 Å². The van der Waals surface area contributed by atoms with E-state index in [0.29, 0.717) is 19.6 Å². The van der Waals surface area contributed by atoms with Crippen LogP contribution in [0.5, 0.6) is 0 Å². The van der Waals surface area contributed by atoms with Crippen LogP contribution in [0, 0.1) is 0 Å². The van der Waals surface area contributed by atoms with Gasteiger partial charge in [-0.3, -0.25) is 0 Å². The highest BCUT2D eigenvalue weighted by Crippen LogP contribution is 2.27. The summed E-state index contributed by atoms with van der Waals surface area (Å²) in [5.41, 5.74) is 0. The summed E-state index contributed by atoms with van der Waals surface area (Å²) in [4.78, 5) is 26.7. The van der Waals surface area contributed by atoms with Crippen LogP contribution in [-0.4, -0.2) is 78.0 Å². The lowest BCUT2D eigenvalue weighted by Crippen LogP contribution is -2.56. The van der Waals surface area contributed by atoms with Crippen LogP contribution >= 0.6 is 0 Å². The summed E-state index contributed by atoms with van der Waals surface area (Å²) in [5.74, 6) is -1.01. The number of rotatable bonds is 1. The first-order valence-electron chi connectivity index (χ1n) is 6.67. The van der Waals surface area contributed by atoms with Crippen LogP contribution in [-0.2, 0) is 14.3 Å². The summed E-state index contributed by atoms with van der Waals surface area (Å²) < 4.78 is 10.8. The number of urea groups is 1. The van der Waals surface area contributed by atoms with Crippen LogP contribution in [0.3, 0.4) is 0 Å². The van der Waals surface area contributed by atoms with Crippen LogP contribution in [0.25, 0.3) is 0 Å². The number of morpholine rings is 2. The van der Waals surface area contributed by atoms with Crippen molar-refractivity contribution < 1.29 is 24.2 Å². The van der Waals surface area contributed by atoms with Gasteiger partial charge in [-0.05, 0) is 12.8 Å². The zero-order valence-corrected chi connectivity index (χ0v) is 10.7. The average Bonchev–Trinajstić information content (AvgIpc) is 2.76. The second kappa shape index (κ2) is 4.97. The molecular weight excluding hydrogens is 252 g/mol. The fourth-order valence-corrected chi connectivity index (χ4v) is 2.94. The molecule has 3 saturated heterocycles. The van der Waals surface area contributed by atoms with Crippen molar-refractivity contribution in [2.75, 3.05) is 32.8 Å². The maximum atomic E-state index is 12.4. The molecule has 3 unspecified atom stereocenters. The molecular formula is C12H18N2O5. The maximum Gasteiger partial charge on any atom is 0.334 e. The number of hydrogen-bond donors (Lipinski definition) is 1. The SMILES string of the molecule is O=C(O)C1CN(C(=O)N2CC3CCC(C2)O3)CCO1. The van der Waals surface area contributed by atoms with E-state index in [0.717, 1.165) is 12.8 Å². The summed E-state index contributed by atoms with van der Waals surface area (Å²) in [7, 11) is 0. The van der Waals surface area contributed by atoms with E-state index in [9.17, 15) is 9.59 Å². The molecule has 0 aromatic heterocycles. The number of nitrogens with zero attached hydrogens (tertiary/aromatic N) is 2. The Kier molecular flexibility index (Phi) is 3.32. The highest BCUT2D eigenvalue weighted by Gasteiger charge is 2.38. The number of carboxylic acids is 1. The average molecular weight is 270 g/mol. The molecule has 1 N–H and O–H groups in total. The van der Waals surface area contributed by atoms with Crippen molar-refractivity contribution in [2.45, 2.75) is 31.2 Å². The lowest BCUT2D eigenvalue weighted by molar-refractivity contribution is -0.154. The molecule has 0 radical (unpaired) electrons. The normalized spacial score (nSPS) is 34.4. The molecule has 0 aromatic rings. The minimum atomic E-state index is -1.01. The van der Waals surface area contributed by atoms with E-state index in [4.69, 9.17) is 14.6 Å². The highest BCUT2D eigenvalue weighted by atomic mass is 16.5. The molecule has 3 heterocycles. The van der Waals surface area contributed by atoms with Crippen molar-refractivity contribution in [1.82, 2.24) is 9.80 Å². The van der Waals surface area contributed by atoms with Crippen LogP contribution in [0.1, 0.15) is 12.8 Å². The molecule has 3 aliphatic rings. The molecule has 19 heavy (non-hydrogen) atoms. The van der Waals surface area contributed by atoms with Gasteiger partial charge in [-0.2, -0.15) is 0 Å². The Balaban J connectivity index is 1.62. The lowest BCUT2D eigenvalue weighted by Gasteiger charge is -2.38. The van der Waals surface area contributed by atoms with Crippen LogP contribution in [0.4, 0.5) is 4.79 Å². The second-order valence-electron chi connectivity index (χ2n) is 5.29. The molecule has 0 saturated carbocycles. The third-order valence-corrected chi connectivity index (χ3v) is 3.93. The van der Waals surface area contributed by atoms with Gasteiger partial charge in [0, 0.05) is 19.6 Å². The van der Waals surface area contributed by atoms with Crippen molar-refractivity contribution in [3.8, 4) is 0 Å². The molecule has 2 amide bonds. The largest absolute Gasteiger partial charge is 0.479 e. The van der Waals surface area contributed by atoms with Gasteiger partial charge in [-0.15, -0.1) is 0 Å². The van der Waals surface area contributed by atoms with Gasteiger partial charge in [0.15, 0.2) is 6.10 Å². The van der Waals surface area contributed by atoms with Gasteiger partial charge in [-0.1, -0.05) is 0 Å². The van der Waals surface area contributed by atoms with E-state index >= 15 is 0 Å². The molecule has 2 bridgehead atoms. The summed E-state index contributed by atoms with van der Waals surface area (Å²) in [6, 6.07) is -0.0882. The van der Waals surface area contributed by atoms with Crippen LogP contribution in [0.15, 0.2) is 0 Å². The van der Waals surface area contributed by atoms with Crippen molar-refractivity contribution in [3.05, 3.63) is 0 Å². The number of carbonyl (C=O) groups is 2. The smallest absolute Gasteiger partial charge is 0.334 e. The molecule has 106 valence electrons. The minimum absolute atomic E-state index is 0.0882. The van der Waals surface area contributed by atoms with Crippen molar-refractivity contribution in [2.24, 2.45) is 0 Å². The number of likely N-dealkylation sites (tertiary alicyclic amines) is 1. The van der Waals surface area contributed by atoms with Gasteiger partial charge < -0.3 is 24.4 Å². The molecule has 3 rings (SSSR count). The van der Waals surface area contributed by atoms with Crippen LogP contribution < -0.4 is 0 Å². The summed E-state index contributed by atoms with van der Waals surface area (Å²) in [5, 5.41) is 8.95. The molecule has 0 spiro atoms. The number of aliphatic carboxylic acids is 1. The lowest BCUT2D eigenvalue weighted by atomic mass is 10.2. The highest BCUT2D eigenvalue weighted by molar-refractivity contribution is 5.77. The van der Waals surface area contributed by atoms with Gasteiger partial charge in [0.1, 0.15) is 0 Å². The summed E-state index contributed by atoms with van der Waals surface area (Å²) in [6.45, 7) is 2.09. The minimum Gasteiger partial charge on any atom is -0.479 e. The molecule has 7 nitrogen and oxygen atoms in total. The monoisotopic (exact) mass is 270 g/mol. The van der Waals surface area contributed by atoms with E-state index in [1.54, 1.807) is 9.80 Å². The maximum absolute atomic E-state index is 12.4. The van der Waals surface area contributed by atoms with E-state index < -0.39 is 12.1 Å². The first kappa shape index (κ1) is 12.7. The Hall–Kier alpha value is -1.34. The predicted molar refractivity (Wildman–Crippen MR) is 63.8 cm³/mol. The quantitative estimate of drug-likeness (QED) is 0.711. The molecule has 3 aliphatic heterocycles. The number of hydrogen-bond acceptors (Lipinski definition) is 4. The topological polar surface area (TPSA) is 79.3 Å². The zero-order valence-electron chi connectivity index (χ0n) is 10.7.